The fourth-order valence-electron chi connectivity index (χ4n) is 3.86. The Morgan fingerprint density at radius 2 is 1.67 bits per heavy atom. The lowest BCUT2D eigenvalue weighted by molar-refractivity contribution is -0.114. The van der Waals surface area contributed by atoms with E-state index in [-0.39, 0.29) is 17.9 Å². The first-order chi connectivity index (χ1) is 13.1. The van der Waals surface area contributed by atoms with Crippen LogP contribution in [0.5, 0.6) is 0 Å². The molecular formula is C21H23N3O2S. The Morgan fingerprint density at radius 1 is 1.00 bits per heavy atom. The summed E-state index contributed by atoms with van der Waals surface area (Å²) in [5.41, 5.74) is 1.48. The number of fused-ring (bicyclic) bond motifs is 2. The van der Waals surface area contributed by atoms with E-state index in [0.29, 0.717) is 17.6 Å². The van der Waals surface area contributed by atoms with Crippen LogP contribution in [0.2, 0.25) is 0 Å². The van der Waals surface area contributed by atoms with E-state index < -0.39 is 0 Å². The van der Waals surface area contributed by atoms with Gasteiger partial charge in [0, 0.05) is 46.1 Å². The molecule has 2 aliphatic rings. The lowest BCUT2D eigenvalue weighted by Gasteiger charge is -2.21. The summed E-state index contributed by atoms with van der Waals surface area (Å²) in [6.07, 6.45) is 3.43. The summed E-state index contributed by atoms with van der Waals surface area (Å²) in [7, 11) is 0. The van der Waals surface area contributed by atoms with Gasteiger partial charge in [0.05, 0.1) is 0 Å². The van der Waals surface area contributed by atoms with Crippen molar-refractivity contribution in [3.63, 3.8) is 0 Å². The molecule has 0 radical (unpaired) electrons. The quantitative estimate of drug-likeness (QED) is 0.742. The van der Waals surface area contributed by atoms with Crippen LogP contribution in [0.15, 0.2) is 58.3 Å². The van der Waals surface area contributed by atoms with Gasteiger partial charge < -0.3 is 16.0 Å². The van der Waals surface area contributed by atoms with Gasteiger partial charge in [0.15, 0.2) is 0 Å². The van der Waals surface area contributed by atoms with Gasteiger partial charge in [-0.1, -0.05) is 11.8 Å². The molecule has 3 atom stereocenters. The van der Waals surface area contributed by atoms with Gasteiger partial charge in [0.1, 0.15) is 0 Å². The van der Waals surface area contributed by atoms with Crippen LogP contribution in [0.3, 0.4) is 0 Å². The van der Waals surface area contributed by atoms with Gasteiger partial charge in [-0.25, -0.2) is 0 Å². The zero-order valence-electron chi connectivity index (χ0n) is 15.2. The SMILES string of the molecule is CC(=O)Nc1ccc(Sc2ccc(C(=O)N[C@@H]3C[C@H]4CC[C@@H]3N4)cc2)cc1. The van der Waals surface area contributed by atoms with E-state index in [4.69, 9.17) is 0 Å². The Bertz CT molecular complexity index is 836. The predicted octanol–water partition coefficient (Wildman–Crippen LogP) is 3.42. The van der Waals surface area contributed by atoms with Crippen molar-refractivity contribution in [1.82, 2.24) is 10.6 Å². The number of anilines is 1. The van der Waals surface area contributed by atoms with Gasteiger partial charge in [-0.3, -0.25) is 9.59 Å². The molecule has 0 saturated carbocycles. The first-order valence-electron chi connectivity index (χ1n) is 9.29. The average Bonchev–Trinajstić information content (AvgIpc) is 3.26. The van der Waals surface area contributed by atoms with Crippen LogP contribution < -0.4 is 16.0 Å². The molecule has 27 heavy (non-hydrogen) atoms. The fourth-order valence-corrected chi connectivity index (χ4v) is 4.67. The molecule has 2 aromatic carbocycles. The third-order valence-electron chi connectivity index (χ3n) is 5.14. The van der Waals surface area contributed by atoms with Crippen LogP contribution in [0.1, 0.15) is 36.5 Å². The number of rotatable bonds is 5. The van der Waals surface area contributed by atoms with E-state index >= 15 is 0 Å². The van der Waals surface area contributed by atoms with Gasteiger partial charge in [0.2, 0.25) is 5.91 Å². The smallest absolute Gasteiger partial charge is 0.251 e. The molecule has 4 rings (SSSR count). The number of amides is 2. The summed E-state index contributed by atoms with van der Waals surface area (Å²) in [6, 6.07) is 16.7. The number of nitrogens with one attached hydrogen (secondary N) is 3. The van der Waals surface area contributed by atoms with Crippen LogP contribution in [-0.4, -0.2) is 29.9 Å². The Labute approximate surface area is 163 Å². The molecular weight excluding hydrogens is 358 g/mol. The minimum Gasteiger partial charge on any atom is -0.348 e. The van der Waals surface area contributed by atoms with Gasteiger partial charge in [-0.2, -0.15) is 0 Å². The first-order valence-corrected chi connectivity index (χ1v) is 10.1. The second-order valence-electron chi connectivity index (χ2n) is 7.20. The maximum atomic E-state index is 12.5. The summed E-state index contributed by atoms with van der Waals surface area (Å²) in [6.45, 7) is 1.49. The van der Waals surface area contributed by atoms with E-state index in [0.717, 1.165) is 28.3 Å². The molecule has 0 aliphatic carbocycles. The summed E-state index contributed by atoms with van der Waals surface area (Å²) in [5.74, 6) is -0.0731. The third kappa shape index (κ3) is 4.34. The molecule has 3 N–H and O–H groups in total. The van der Waals surface area contributed by atoms with E-state index in [9.17, 15) is 9.59 Å². The fraction of sp³-hybridized carbons (Fsp3) is 0.333. The predicted molar refractivity (Wildman–Crippen MR) is 107 cm³/mol. The Hall–Kier alpha value is -2.31. The molecule has 2 aromatic rings. The van der Waals surface area contributed by atoms with Gasteiger partial charge >= 0.3 is 0 Å². The summed E-state index contributed by atoms with van der Waals surface area (Å²) in [5, 5.41) is 9.48. The largest absolute Gasteiger partial charge is 0.348 e. The maximum Gasteiger partial charge on any atom is 0.251 e. The molecule has 0 aromatic heterocycles. The monoisotopic (exact) mass is 381 g/mol. The van der Waals surface area contributed by atoms with Crippen LogP contribution in [-0.2, 0) is 4.79 Å². The van der Waals surface area contributed by atoms with Gasteiger partial charge in [-0.15, -0.1) is 0 Å². The number of carbonyl (C=O) groups excluding carboxylic acids is 2. The molecule has 0 spiro atoms. The van der Waals surface area contributed by atoms with Crippen molar-refractivity contribution in [2.24, 2.45) is 0 Å². The van der Waals surface area contributed by atoms with Crippen molar-refractivity contribution in [2.45, 2.75) is 54.1 Å². The van der Waals surface area contributed by atoms with Crippen molar-refractivity contribution in [3.05, 3.63) is 54.1 Å². The lowest BCUT2D eigenvalue weighted by atomic mass is 9.95. The first kappa shape index (κ1) is 18.1. The summed E-state index contributed by atoms with van der Waals surface area (Å²) in [4.78, 5) is 25.7. The lowest BCUT2D eigenvalue weighted by Crippen LogP contribution is -2.42. The van der Waals surface area contributed by atoms with Crippen molar-refractivity contribution in [1.29, 1.82) is 0 Å². The standard InChI is InChI=1S/C21H23N3O2S/c1-13(25)22-15-4-9-18(10-5-15)27-17-7-2-14(3-8-17)21(26)24-20-12-16-6-11-19(20)23-16/h2-5,7-10,16,19-20,23H,6,11-12H2,1H3,(H,22,25)(H,24,26)/t16-,19+,20-/m1/s1. The van der Waals surface area contributed by atoms with Crippen LogP contribution in [0, 0.1) is 0 Å². The summed E-state index contributed by atoms with van der Waals surface area (Å²) >= 11 is 1.62. The van der Waals surface area contributed by atoms with Crippen LogP contribution in [0.4, 0.5) is 5.69 Å². The molecule has 2 bridgehead atoms. The topological polar surface area (TPSA) is 70.2 Å². The normalized spacial score (nSPS) is 23.2. The summed E-state index contributed by atoms with van der Waals surface area (Å²) < 4.78 is 0. The minimum atomic E-state index is -0.0783. The zero-order chi connectivity index (χ0) is 18.8. The number of carbonyl (C=O) groups is 2. The van der Waals surface area contributed by atoms with E-state index in [1.54, 1.807) is 11.8 Å². The maximum absolute atomic E-state index is 12.5. The van der Waals surface area contributed by atoms with E-state index in [1.165, 1.54) is 13.3 Å². The highest BCUT2D eigenvalue weighted by Gasteiger charge is 2.39. The molecule has 2 heterocycles. The van der Waals surface area contributed by atoms with Crippen molar-refractivity contribution < 1.29 is 9.59 Å². The highest BCUT2D eigenvalue weighted by molar-refractivity contribution is 7.99. The minimum absolute atomic E-state index is 0.00515. The van der Waals surface area contributed by atoms with Crippen LogP contribution in [0.25, 0.3) is 0 Å². The zero-order valence-corrected chi connectivity index (χ0v) is 16.0. The number of hydrogen-bond donors (Lipinski definition) is 3. The highest BCUT2D eigenvalue weighted by Crippen LogP contribution is 2.30. The number of benzene rings is 2. The molecule has 5 nitrogen and oxygen atoms in total. The number of hydrogen-bond acceptors (Lipinski definition) is 4. The van der Waals surface area contributed by atoms with E-state index in [1.807, 2.05) is 48.5 Å². The Balaban J connectivity index is 1.34. The van der Waals surface area contributed by atoms with Gasteiger partial charge in [0.25, 0.3) is 5.91 Å². The average molecular weight is 382 g/mol. The van der Waals surface area contributed by atoms with Crippen molar-refractivity contribution in [3.8, 4) is 0 Å². The van der Waals surface area contributed by atoms with Crippen molar-refractivity contribution in [2.75, 3.05) is 5.32 Å². The second kappa shape index (κ2) is 7.74. The van der Waals surface area contributed by atoms with Gasteiger partial charge in [-0.05, 0) is 67.8 Å². The van der Waals surface area contributed by atoms with Crippen LogP contribution >= 0.6 is 11.8 Å². The molecule has 2 aliphatic heterocycles. The Kier molecular flexibility index (Phi) is 5.18. The van der Waals surface area contributed by atoms with Crippen molar-refractivity contribution >= 4 is 29.3 Å². The molecule has 0 unspecified atom stereocenters. The molecule has 6 heteroatoms. The molecule has 2 saturated heterocycles. The Morgan fingerprint density at radius 3 is 2.22 bits per heavy atom. The van der Waals surface area contributed by atoms with E-state index in [2.05, 4.69) is 16.0 Å². The molecule has 2 amide bonds. The third-order valence-corrected chi connectivity index (χ3v) is 6.16. The molecule has 2 fully saturated rings. The second-order valence-corrected chi connectivity index (χ2v) is 8.34. The molecule has 140 valence electrons. The highest BCUT2D eigenvalue weighted by atomic mass is 32.2.